The van der Waals surface area contributed by atoms with E-state index in [9.17, 15) is 9.18 Å². The van der Waals surface area contributed by atoms with Gasteiger partial charge in [-0.3, -0.25) is 9.36 Å². The van der Waals surface area contributed by atoms with Crippen molar-refractivity contribution in [3.63, 3.8) is 0 Å². The maximum atomic E-state index is 13.6. The van der Waals surface area contributed by atoms with Crippen LogP contribution in [0, 0.1) is 12.7 Å². The number of nitrogens with one attached hydrogen (secondary N) is 1. The molecule has 0 aliphatic heterocycles. The number of H-pyrrole nitrogens is 1. The van der Waals surface area contributed by atoms with E-state index in [1.807, 2.05) is 6.92 Å². The number of aromatic amines is 1. The zero-order chi connectivity index (χ0) is 13.4. The molecular formula is C14H12FN3O. The molecule has 0 saturated heterocycles. The van der Waals surface area contributed by atoms with Crippen LogP contribution in [0.15, 0.2) is 41.5 Å². The molecule has 0 atom stereocenters. The number of hydrogen-bond donors (Lipinski definition) is 1. The molecule has 3 aromatic rings. The van der Waals surface area contributed by atoms with Crippen LogP contribution in [0.25, 0.3) is 11.0 Å². The molecule has 3 rings (SSSR count). The van der Waals surface area contributed by atoms with Crippen LogP contribution >= 0.6 is 0 Å². The minimum absolute atomic E-state index is 0.169. The highest BCUT2D eigenvalue weighted by Crippen LogP contribution is 2.10. The first-order chi connectivity index (χ1) is 9.15. The molecule has 0 radical (unpaired) electrons. The average Bonchev–Trinajstić information content (AvgIpc) is 2.77. The van der Waals surface area contributed by atoms with Crippen molar-refractivity contribution in [1.82, 2.24) is 14.5 Å². The van der Waals surface area contributed by atoms with Crippen LogP contribution in [0.5, 0.6) is 0 Å². The number of rotatable bonds is 2. The third-order valence-electron chi connectivity index (χ3n) is 3.05. The lowest BCUT2D eigenvalue weighted by molar-refractivity contribution is 0.595. The van der Waals surface area contributed by atoms with Gasteiger partial charge in [0.05, 0.1) is 11.9 Å². The van der Waals surface area contributed by atoms with Gasteiger partial charge in [0.2, 0.25) is 0 Å². The third-order valence-corrected chi connectivity index (χ3v) is 3.05. The summed E-state index contributed by atoms with van der Waals surface area (Å²) in [5.74, 6) is -0.320. The van der Waals surface area contributed by atoms with Crippen molar-refractivity contribution >= 4 is 11.0 Å². The van der Waals surface area contributed by atoms with Crippen LogP contribution in [0.2, 0.25) is 0 Å². The monoisotopic (exact) mass is 257 g/mol. The lowest BCUT2D eigenvalue weighted by atomic mass is 10.2. The van der Waals surface area contributed by atoms with Gasteiger partial charge in [-0.1, -0.05) is 18.2 Å². The van der Waals surface area contributed by atoms with Crippen LogP contribution in [0.4, 0.5) is 4.39 Å². The Kier molecular flexibility index (Phi) is 2.67. The summed E-state index contributed by atoms with van der Waals surface area (Å²) in [5, 5.41) is 0.524. The summed E-state index contributed by atoms with van der Waals surface area (Å²) < 4.78 is 15.0. The number of benzene rings is 1. The highest BCUT2D eigenvalue weighted by atomic mass is 19.1. The maximum Gasteiger partial charge on any atom is 0.263 e. The molecule has 0 aliphatic carbocycles. The normalized spacial score (nSPS) is 11.1. The Morgan fingerprint density at radius 3 is 2.95 bits per heavy atom. The van der Waals surface area contributed by atoms with Gasteiger partial charge in [-0.25, -0.2) is 9.37 Å². The van der Waals surface area contributed by atoms with Crippen molar-refractivity contribution in [2.75, 3.05) is 0 Å². The smallest absolute Gasteiger partial charge is 0.263 e. The van der Waals surface area contributed by atoms with Gasteiger partial charge in [0.25, 0.3) is 5.56 Å². The van der Waals surface area contributed by atoms with Crippen LogP contribution in [-0.2, 0) is 6.54 Å². The predicted octanol–water partition coefficient (Wildman–Crippen LogP) is 2.22. The molecule has 2 heterocycles. The molecule has 4 nitrogen and oxygen atoms in total. The summed E-state index contributed by atoms with van der Waals surface area (Å²) in [5.41, 5.74) is 1.74. The van der Waals surface area contributed by atoms with Gasteiger partial charge < -0.3 is 4.98 Å². The van der Waals surface area contributed by atoms with E-state index in [2.05, 4.69) is 9.97 Å². The highest BCUT2D eigenvalue weighted by Gasteiger charge is 2.08. The first-order valence-corrected chi connectivity index (χ1v) is 5.93. The third kappa shape index (κ3) is 2.03. The molecule has 0 saturated carbocycles. The Morgan fingerprint density at radius 1 is 1.37 bits per heavy atom. The summed E-state index contributed by atoms with van der Waals surface area (Å²) in [6.45, 7) is 2.04. The van der Waals surface area contributed by atoms with E-state index in [0.29, 0.717) is 16.6 Å². The molecule has 0 amide bonds. The Balaban J connectivity index is 2.09. The Labute approximate surface area is 108 Å². The molecule has 0 aliphatic rings. The van der Waals surface area contributed by atoms with Crippen molar-refractivity contribution < 1.29 is 4.39 Å². The van der Waals surface area contributed by atoms with Gasteiger partial charge in [-0.05, 0) is 19.1 Å². The van der Waals surface area contributed by atoms with E-state index in [1.54, 1.807) is 24.3 Å². The van der Waals surface area contributed by atoms with Gasteiger partial charge in [0.1, 0.15) is 17.8 Å². The number of aryl methyl sites for hydroxylation is 1. The van der Waals surface area contributed by atoms with Crippen molar-refractivity contribution in [3.05, 3.63) is 64.1 Å². The van der Waals surface area contributed by atoms with Crippen LogP contribution in [-0.4, -0.2) is 14.5 Å². The summed E-state index contributed by atoms with van der Waals surface area (Å²) in [6, 6.07) is 8.16. The minimum atomic E-state index is -0.320. The molecule has 1 aromatic carbocycles. The van der Waals surface area contributed by atoms with Crippen molar-refractivity contribution in [3.8, 4) is 0 Å². The van der Waals surface area contributed by atoms with E-state index in [1.165, 1.54) is 17.0 Å². The first-order valence-electron chi connectivity index (χ1n) is 5.93. The second kappa shape index (κ2) is 4.35. The molecule has 5 heteroatoms. The highest BCUT2D eigenvalue weighted by molar-refractivity contribution is 5.75. The fourth-order valence-electron chi connectivity index (χ4n) is 2.10. The number of fused-ring (bicyclic) bond motifs is 1. The number of nitrogens with zero attached hydrogens (tertiary/aromatic N) is 2. The molecule has 0 spiro atoms. The Hall–Kier alpha value is -2.43. The SMILES string of the molecule is Cc1cc2c(=O)n(Cc3ccccc3F)cnc2[nH]1. The fourth-order valence-corrected chi connectivity index (χ4v) is 2.10. The lowest BCUT2D eigenvalue weighted by Gasteiger charge is -2.06. The second-order valence-electron chi connectivity index (χ2n) is 4.48. The summed E-state index contributed by atoms with van der Waals surface area (Å²) in [7, 11) is 0. The van der Waals surface area contributed by atoms with Crippen molar-refractivity contribution in [2.24, 2.45) is 0 Å². The molecule has 0 bridgehead atoms. The maximum absolute atomic E-state index is 13.6. The van der Waals surface area contributed by atoms with E-state index in [-0.39, 0.29) is 17.9 Å². The van der Waals surface area contributed by atoms with E-state index in [0.717, 1.165) is 5.69 Å². The van der Waals surface area contributed by atoms with Gasteiger partial charge in [0.15, 0.2) is 0 Å². The van der Waals surface area contributed by atoms with E-state index >= 15 is 0 Å². The quantitative estimate of drug-likeness (QED) is 0.765. The summed E-state index contributed by atoms with van der Waals surface area (Å²) in [6.07, 6.45) is 1.44. The molecule has 19 heavy (non-hydrogen) atoms. The molecule has 2 aromatic heterocycles. The Morgan fingerprint density at radius 2 is 2.16 bits per heavy atom. The van der Waals surface area contributed by atoms with Gasteiger partial charge in [0, 0.05) is 11.3 Å². The predicted molar refractivity (Wildman–Crippen MR) is 70.6 cm³/mol. The van der Waals surface area contributed by atoms with E-state index < -0.39 is 0 Å². The minimum Gasteiger partial charge on any atom is -0.343 e. The fraction of sp³-hybridized carbons (Fsp3) is 0.143. The molecule has 1 N–H and O–H groups in total. The summed E-state index contributed by atoms with van der Waals surface area (Å²) in [4.78, 5) is 19.4. The van der Waals surface area contributed by atoms with Crippen LogP contribution < -0.4 is 5.56 Å². The van der Waals surface area contributed by atoms with Gasteiger partial charge in [-0.15, -0.1) is 0 Å². The molecule has 0 fully saturated rings. The van der Waals surface area contributed by atoms with Gasteiger partial charge >= 0.3 is 0 Å². The van der Waals surface area contributed by atoms with Crippen molar-refractivity contribution in [2.45, 2.75) is 13.5 Å². The van der Waals surface area contributed by atoms with Crippen LogP contribution in [0.3, 0.4) is 0 Å². The standard InChI is InChI=1S/C14H12FN3O/c1-9-6-11-13(17-9)16-8-18(14(11)19)7-10-4-2-3-5-12(10)15/h2-6,8,17H,7H2,1H3. The largest absolute Gasteiger partial charge is 0.343 e. The molecular weight excluding hydrogens is 245 g/mol. The molecule has 0 unspecified atom stereocenters. The number of aromatic nitrogens is 3. The number of halogens is 1. The second-order valence-corrected chi connectivity index (χ2v) is 4.48. The summed E-state index contributed by atoms with van der Waals surface area (Å²) >= 11 is 0. The van der Waals surface area contributed by atoms with E-state index in [4.69, 9.17) is 0 Å². The topological polar surface area (TPSA) is 50.7 Å². The first kappa shape index (κ1) is 11.6. The van der Waals surface area contributed by atoms with Gasteiger partial charge in [-0.2, -0.15) is 0 Å². The average molecular weight is 257 g/mol. The lowest BCUT2D eigenvalue weighted by Crippen LogP contribution is -2.21. The Bertz CT molecular complexity index is 804. The van der Waals surface area contributed by atoms with Crippen molar-refractivity contribution in [1.29, 1.82) is 0 Å². The zero-order valence-corrected chi connectivity index (χ0v) is 10.4. The molecule has 96 valence electrons. The van der Waals surface area contributed by atoms with Crippen LogP contribution in [0.1, 0.15) is 11.3 Å². The zero-order valence-electron chi connectivity index (χ0n) is 10.4. The number of hydrogen-bond acceptors (Lipinski definition) is 2.